The first-order valence-electron chi connectivity index (χ1n) is 6.01. The summed E-state index contributed by atoms with van der Waals surface area (Å²) in [5.41, 5.74) is 0.565. The zero-order chi connectivity index (χ0) is 13.0. The van der Waals surface area contributed by atoms with Crippen LogP contribution < -0.4 is 10.6 Å². The molecular weight excluding hydrogens is 296 g/mol. The van der Waals surface area contributed by atoms with Crippen molar-refractivity contribution in [2.75, 3.05) is 6.54 Å². The molecule has 0 aromatic heterocycles. The second-order valence-electron chi connectivity index (χ2n) is 4.32. The van der Waals surface area contributed by atoms with Gasteiger partial charge < -0.3 is 10.6 Å². The van der Waals surface area contributed by atoms with Crippen LogP contribution in [0, 0.1) is 0 Å². The van der Waals surface area contributed by atoms with Crippen LogP contribution in [0.1, 0.15) is 29.6 Å². The highest BCUT2D eigenvalue weighted by atomic mass is 79.9. The van der Waals surface area contributed by atoms with E-state index in [2.05, 4.69) is 26.6 Å². The zero-order valence-corrected chi connectivity index (χ0v) is 11.5. The van der Waals surface area contributed by atoms with Gasteiger partial charge in [0, 0.05) is 16.6 Å². The van der Waals surface area contributed by atoms with E-state index in [1.54, 1.807) is 12.1 Å². The van der Waals surface area contributed by atoms with Crippen LogP contribution in [0.3, 0.4) is 0 Å². The van der Waals surface area contributed by atoms with Gasteiger partial charge in [-0.1, -0.05) is 15.9 Å². The summed E-state index contributed by atoms with van der Waals surface area (Å²) in [6.07, 6.45) is 2.62. The van der Waals surface area contributed by atoms with Gasteiger partial charge in [0.1, 0.15) is 6.04 Å². The van der Waals surface area contributed by atoms with Crippen LogP contribution in [0.25, 0.3) is 0 Å². The number of hydrogen-bond acceptors (Lipinski definition) is 2. The van der Waals surface area contributed by atoms with E-state index in [1.807, 2.05) is 12.1 Å². The zero-order valence-electron chi connectivity index (χ0n) is 9.91. The average Bonchev–Trinajstić information content (AvgIpc) is 2.56. The number of amides is 2. The molecule has 1 fully saturated rings. The van der Waals surface area contributed by atoms with Gasteiger partial charge in [-0.2, -0.15) is 0 Å². The maximum atomic E-state index is 12.0. The summed E-state index contributed by atoms with van der Waals surface area (Å²) in [4.78, 5) is 23.7. The molecule has 0 aliphatic carbocycles. The van der Waals surface area contributed by atoms with E-state index < -0.39 is 6.04 Å². The fourth-order valence-electron chi connectivity index (χ4n) is 1.92. The summed E-state index contributed by atoms with van der Waals surface area (Å²) in [7, 11) is 0. The van der Waals surface area contributed by atoms with Crippen LogP contribution in [0.2, 0.25) is 0 Å². The Kier molecular flexibility index (Phi) is 4.36. The largest absolute Gasteiger partial charge is 0.354 e. The van der Waals surface area contributed by atoms with E-state index in [0.29, 0.717) is 18.5 Å². The Hall–Kier alpha value is -1.36. The van der Waals surface area contributed by atoms with Crippen molar-refractivity contribution in [3.05, 3.63) is 34.3 Å². The molecule has 4 nitrogen and oxygen atoms in total. The molecule has 0 spiro atoms. The molecule has 96 valence electrons. The van der Waals surface area contributed by atoms with Crippen molar-refractivity contribution in [2.45, 2.75) is 25.3 Å². The monoisotopic (exact) mass is 310 g/mol. The normalized spacial score (nSPS) is 19.8. The lowest BCUT2D eigenvalue weighted by Gasteiger charge is -2.15. The van der Waals surface area contributed by atoms with Crippen molar-refractivity contribution < 1.29 is 9.59 Å². The van der Waals surface area contributed by atoms with Crippen LogP contribution in [-0.2, 0) is 4.79 Å². The molecule has 1 aliphatic heterocycles. The van der Waals surface area contributed by atoms with E-state index >= 15 is 0 Å². The first kappa shape index (κ1) is 13.1. The Bertz CT molecular complexity index is 445. The Morgan fingerprint density at radius 3 is 2.72 bits per heavy atom. The number of benzene rings is 1. The highest BCUT2D eigenvalue weighted by Crippen LogP contribution is 2.11. The van der Waals surface area contributed by atoms with Crippen LogP contribution in [0.4, 0.5) is 0 Å². The van der Waals surface area contributed by atoms with Crippen molar-refractivity contribution in [1.82, 2.24) is 10.6 Å². The number of hydrogen-bond donors (Lipinski definition) is 2. The summed E-state index contributed by atoms with van der Waals surface area (Å²) in [5.74, 6) is -0.289. The second kappa shape index (κ2) is 6.00. The highest BCUT2D eigenvalue weighted by molar-refractivity contribution is 9.10. The minimum Gasteiger partial charge on any atom is -0.354 e. The first-order chi connectivity index (χ1) is 8.66. The van der Waals surface area contributed by atoms with Gasteiger partial charge in [0.15, 0.2) is 0 Å². The van der Waals surface area contributed by atoms with E-state index in [0.717, 1.165) is 17.3 Å². The summed E-state index contributed by atoms with van der Waals surface area (Å²) < 4.78 is 0.922. The fraction of sp³-hybridized carbons (Fsp3) is 0.385. The highest BCUT2D eigenvalue weighted by Gasteiger charge is 2.22. The van der Waals surface area contributed by atoms with Gasteiger partial charge in [-0.25, -0.2) is 0 Å². The predicted molar refractivity (Wildman–Crippen MR) is 72.3 cm³/mol. The Morgan fingerprint density at radius 1 is 1.28 bits per heavy atom. The van der Waals surface area contributed by atoms with Crippen molar-refractivity contribution in [3.63, 3.8) is 0 Å². The molecule has 2 N–H and O–H groups in total. The van der Waals surface area contributed by atoms with Crippen LogP contribution in [0.5, 0.6) is 0 Å². The van der Waals surface area contributed by atoms with Crippen molar-refractivity contribution in [2.24, 2.45) is 0 Å². The van der Waals surface area contributed by atoms with Gasteiger partial charge in [-0.3, -0.25) is 9.59 Å². The second-order valence-corrected chi connectivity index (χ2v) is 5.24. The average molecular weight is 311 g/mol. The molecule has 1 aromatic carbocycles. The molecular formula is C13H15BrN2O2. The molecule has 1 atom stereocenters. The van der Waals surface area contributed by atoms with Gasteiger partial charge in [-0.05, 0) is 43.5 Å². The molecule has 1 aromatic rings. The molecule has 2 amide bonds. The molecule has 0 bridgehead atoms. The third-order valence-corrected chi connectivity index (χ3v) is 3.48. The Labute approximate surface area is 114 Å². The van der Waals surface area contributed by atoms with E-state index in [-0.39, 0.29) is 11.8 Å². The lowest BCUT2D eigenvalue weighted by Crippen LogP contribution is -2.45. The number of halogens is 1. The van der Waals surface area contributed by atoms with Gasteiger partial charge in [0.25, 0.3) is 5.91 Å². The summed E-state index contributed by atoms with van der Waals surface area (Å²) in [5, 5.41) is 5.58. The Balaban J connectivity index is 2.01. The number of carbonyl (C=O) groups excluding carboxylic acids is 2. The lowest BCUT2D eigenvalue weighted by molar-refractivity contribution is -0.122. The molecule has 1 saturated heterocycles. The molecule has 2 rings (SSSR count). The third-order valence-electron chi connectivity index (χ3n) is 2.95. The number of rotatable bonds is 2. The maximum Gasteiger partial charge on any atom is 0.251 e. The molecule has 1 heterocycles. The summed E-state index contributed by atoms with van der Waals surface area (Å²) in [6.45, 7) is 0.698. The topological polar surface area (TPSA) is 58.2 Å². The summed E-state index contributed by atoms with van der Waals surface area (Å²) >= 11 is 3.32. The van der Waals surface area contributed by atoms with Crippen molar-refractivity contribution >= 4 is 27.7 Å². The minimum absolute atomic E-state index is 0.0852. The van der Waals surface area contributed by atoms with E-state index in [9.17, 15) is 9.59 Å². The first-order valence-corrected chi connectivity index (χ1v) is 6.80. The molecule has 0 unspecified atom stereocenters. The molecule has 0 radical (unpaired) electrons. The van der Waals surface area contributed by atoms with Crippen molar-refractivity contribution in [1.29, 1.82) is 0 Å². The number of carbonyl (C=O) groups is 2. The minimum atomic E-state index is -0.413. The summed E-state index contributed by atoms with van der Waals surface area (Å²) in [6, 6.07) is 6.66. The van der Waals surface area contributed by atoms with Crippen molar-refractivity contribution in [3.8, 4) is 0 Å². The van der Waals surface area contributed by atoms with E-state index in [4.69, 9.17) is 0 Å². The fourth-order valence-corrected chi connectivity index (χ4v) is 2.18. The molecule has 18 heavy (non-hydrogen) atoms. The smallest absolute Gasteiger partial charge is 0.251 e. The van der Waals surface area contributed by atoms with Crippen LogP contribution >= 0.6 is 15.9 Å². The molecule has 1 aliphatic rings. The Morgan fingerprint density at radius 2 is 2.00 bits per heavy atom. The SMILES string of the molecule is O=C(N[C@@H]1CCCCNC1=O)c1ccc(Br)cc1. The van der Waals surface area contributed by atoms with Gasteiger partial charge in [0.05, 0.1) is 0 Å². The quantitative estimate of drug-likeness (QED) is 0.876. The molecule has 0 saturated carbocycles. The van der Waals surface area contributed by atoms with Gasteiger partial charge >= 0.3 is 0 Å². The van der Waals surface area contributed by atoms with Crippen LogP contribution in [-0.4, -0.2) is 24.4 Å². The van der Waals surface area contributed by atoms with Crippen LogP contribution in [0.15, 0.2) is 28.7 Å². The predicted octanol–water partition coefficient (Wildman–Crippen LogP) is 1.85. The standard InChI is InChI=1S/C13H15BrN2O2/c14-10-6-4-9(5-7-10)12(17)16-11-3-1-2-8-15-13(11)18/h4-7,11H,1-3,8H2,(H,15,18)(H,16,17)/t11-/m1/s1. The van der Waals surface area contributed by atoms with Gasteiger partial charge in [-0.15, -0.1) is 0 Å². The third kappa shape index (κ3) is 3.32. The van der Waals surface area contributed by atoms with E-state index in [1.165, 1.54) is 0 Å². The number of nitrogens with one attached hydrogen (secondary N) is 2. The lowest BCUT2D eigenvalue weighted by atomic mass is 10.1. The maximum absolute atomic E-state index is 12.0. The van der Waals surface area contributed by atoms with Gasteiger partial charge in [0.2, 0.25) is 5.91 Å². The molecule has 5 heteroatoms.